The minimum Gasteiger partial charge on any atom is -0.406 e. The molecular weight excluding hydrogens is 318 g/mol. The van der Waals surface area contributed by atoms with Crippen LogP contribution in [0.25, 0.3) is 6.08 Å². The van der Waals surface area contributed by atoms with Crippen LogP contribution in [0, 0.1) is 5.92 Å². The number of esters is 1. The molecule has 0 bridgehead atoms. The van der Waals surface area contributed by atoms with Crippen molar-refractivity contribution in [1.82, 2.24) is 0 Å². The molecule has 1 aromatic carbocycles. The molecule has 4 heteroatoms. The van der Waals surface area contributed by atoms with Crippen LogP contribution in [0.3, 0.4) is 0 Å². The number of cyclic esters (lactones) is 1. The number of ether oxygens (including phenoxy) is 1. The zero-order valence-electron chi connectivity index (χ0n) is 11.1. The van der Waals surface area contributed by atoms with Crippen molar-refractivity contribution in [1.29, 1.82) is 0 Å². The number of aliphatic imine (C=N–C) groups is 1. The standard InChI is InChI=1S/C16H16BrNO2/c17-13-8-4-5-11(9-13)10-14-16(19)20-15(18-14)12-6-2-1-3-7-12/h4-5,8-10,12H,1-3,6-7H2. The monoisotopic (exact) mass is 333 g/mol. The van der Waals surface area contributed by atoms with Gasteiger partial charge in [-0.1, -0.05) is 47.3 Å². The SMILES string of the molecule is O=C1OC(C2CCCCC2)=NC1=Cc1cccc(Br)c1. The summed E-state index contributed by atoms with van der Waals surface area (Å²) < 4.78 is 6.33. The van der Waals surface area contributed by atoms with E-state index in [0.717, 1.165) is 22.9 Å². The molecule has 1 heterocycles. The highest BCUT2D eigenvalue weighted by atomic mass is 79.9. The first-order valence-electron chi connectivity index (χ1n) is 7.00. The smallest absolute Gasteiger partial charge is 0.363 e. The second-order valence-corrected chi connectivity index (χ2v) is 6.17. The lowest BCUT2D eigenvalue weighted by molar-refractivity contribution is -0.130. The summed E-state index contributed by atoms with van der Waals surface area (Å²) in [6.07, 6.45) is 7.62. The van der Waals surface area contributed by atoms with Gasteiger partial charge in [0.05, 0.1) is 0 Å². The molecule has 1 saturated carbocycles. The van der Waals surface area contributed by atoms with E-state index in [1.165, 1.54) is 19.3 Å². The molecule has 2 aliphatic rings. The van der Waals surface area contributed by atoms with Gasteiger partial charge in [-0.2, -0.15) is 0 Å². The van der Waals surface area contributed by atoms with Crippen molar-refractivity contribution in [2.45, 2.75) is 32.1 Å². The van der Waals surface area contributed by atoms with E-state index in [1.807, 2.05) is 24.3 Å². The fraction of sp³-hybridized carbons (Fsp3) is 0.375. The van der Waals surface area contributed by atoms with Crippen LogP contribution in [0.2, 0.25) is 0 Å². The van der Waals surface area contributed by atoms with E-state index >= 15 is 0 Å². The van der Waals surface area contributed by atoms with Crippen LogP contribution in [-0.2, 0) is 9.53 Å². The van der Waals surface area contributed by atoms with Crippen molar-refractivity contribution >= 4 is 33.9 Å². The zero-order valence-corrected chi connectivity index (χ0v) is 12.7. The molecule has 0 amide bonds. The second kappa shape index (κ2) is 5.92. The molecule has 0 spiro atoms. The maximum absolute atomic E-state index is 11.9. The Kier molecular flexibility index (Phi) is 4.01. The van der Waals surface area contributed by atoms with Crippen molar-refractivity contribution in [2.75, 3.05) is 0 Å². The van der Waals surface area contributed by atoms with Crippen LogP contribution in [0.1, 0.15) is 37.7 Å². The van der Waals surface area contributed by atoms with Gasteiger partial charge in [0.2, 0.25) is 5.90 Å². The van der Waals surface area contributed by atoms with E-state index < -0.39 is 0 Å². The third-order valence-corrected chi connectivity index (χ3v) is 4.24. The average Bonchev–Trinajstić information content (AvgIpc) is 2.81. The van der Waals surface area contributed by atoms with Crippen molar-refractivity contribution in [3.8, 4) is 0 Å². The molecule has 0 aromatic heterocycles. The molecule has 1 aliphatic carbocycles. The third-order valence-electron chi connectivity index (χ3n) is 3.74. The summed E-state index contributed by atoms with van der Waals surface area (Å²) in [4.78, 5) is 16.3. The number of hydrogen-bond donors (Lipinski definition) is 0. The van der Waals surface area contributed by atoms with Crippen molar-refractivity contribution < 1.29 is 9.53 Å². The number of halogens is 1. The minimum absolute atomic E-state index is 0.320. The lowest BCUT2D eigenvalue weighted by atomic mass is 9.89. The molecule has 0 saturated heterocycles. The zero-order chi connectivity index (χ0) is 13.9. The number of carbonyl (C=O) groups excluding carboxylic acids is 1. The number of carbonyl (C=O) groups is 1. The molecule has 1 fully saturated rings. The van der Waals surface area contributed by atoms with Crippen LogP contribution < -0.4 is 0 Å². The Hall–Kier alpha value is -1.42. The summed E-state index contributed by atoms with van der Waals surface area (Å²) in [5.41, 5.74) is 1.35. The highest BCUT2D eigenvalue weighted by molar-refractivity contribution is 9.10. The summed E-state index contributed by atoms with van der Waals surface area (Å²) in [6, 6.07) is 7.78. The summed E-state index contributed by atoms with van der Waals surface area (Å²) in [5.74, 6) is 0.614. The molecule has 104 valence electrons. The average molecular weight is 334 g/mol. The first-order valence-corrected chi connectivity index (χ1v) is 7.80. The molecular formula is C16H16BrNO2. The van der Waals surface area contributed by atoms with Gasteiger partial charge >= 0.3 is 5.97 Å². The van der Waals surface area contributed by atoms with Gasteiger partial charge in [-0.15, -0.1) is 0 Å². The van der Waals surface area contributed by atoms with E-state index in [9.17, 15) is 4.79 Å². The number of rotatable bonds is 2. The molecule has 0 radical (unpaired) electrons. The Morgan fingerprint density at radius 1 is 1.25 bits per heavy atom. The Morgan fingerprint density at radius 3 is 2.80 bits per heavy atom. The van der Waals surface area contributed by atoms with E-state index in [1.54, 1.807) is 6.08 Å². The predicted molar refractivity (Wildman–Crippen MR) is 82.2 cm³/mol. The first-order chi connectivity index (χ1) is 9.72. The highest BCUT2D eigenvalue weighted by Gasteiger charge is 2.29. The van der Waals surface area contributed by atoms with Gasteiger partial charge in [0.15, 0.2) is 5.70 Å². The summed E-state index contributed by atoms with van der Waals surface area (Å²) in [5, 5.41) is 0. The van der Waals surface area contributed by atoms with E-state index in [4.69, 9.17) is 4.74 Å². The Labute approximate surface area is 126 Å². The van der Waals surface area contributed by atoms with Crippen molar-refractivity contribution in [3.63, 3.8) is 0 Å². The first kappa shape index (κ1) is 13.6. The lowest BCUT2D eigenvalue weighted by Crippen LogP contribution is -2.19. The third kappa shape index (κ3) is 3.01. The number of hydrogen-bond acceptors (Lipinski definition) is 3. The summed E-state index contributed by atoms with van der Waals surface area (Å²) in [6.45, 7) is 0. The largest absolute Gasteiger partial charge is 0.406 e. The predicted octanol–water partition coefficient (Wildman–Crippen LogP) is 4.33. The van der Waals surface area contributed by atoms with Crippen molar-refractivity contribution in [2.24, 2.45) is 10.9 Å². The summed E-state index contributed by atoms with van der Waals surface area (Å²) >= 11 is 3.42. The van der Waals surface area contributed by atoms with E-state index in [2.05, 4.69) is 20.9 Å². The van der Waals surface area contributed by atoms with Gasteiger partial charge in [-0.05, 0) is 36.6 Å². The van der Waals surface area contributed by atoms with E-state index in [-0.39, 0.29) is 5.97 Å². The topological polar surface area (TPSA) is 38.7 Å². The Bertz CT molecular complexity index is 586. The second-order valence-electron chi connectivity index (χ2n) is 5.26. The fourth-order valence-corrected chi connectivity index (χ4v) is 3.12. The highest BCUT2D eigenvalue weighted by Crippen LogP contribution is 2.29. The molecule has 0 atom stereocenters. The van der Waals surface area contributed by atoms with Crippen LogP contribution in [-0.4, -0.2) is 11.9 Å². The van der Waals surface area contributed by atoms with Gasteiger partial charge in [-0.25, -0.2) is 9.79 Å². The number of benzene rings is 1. The fourth-order valence-electron chi connectivity index (χ4n) is 2.70. The van der Waals surface area contributed by atoms with Crippen LogP contribution in [0.4, 0.5) is 0 Å². The summed E-state index contributed by atoms with van der Waals surface area (Å²) in [7, 11) is 0. The maximum Gasteiger partial charge on any atom is 0.363 e. The van der Waals surface area contributed by atoms with Gasteiger partial charge in [0.25, 0.3) is 0 Å². The Balaban J connectivity index is 1.82. The quantitative estimate of drug-likeness (QED) is 0.597. The molecule has 0 unspecified atom stereocenters. The van der Waals surface area contributed by atoms with Gasteiger partial charge in [0, 0.05) is 10.4 Å². The van der Waals surface area contributed by atoms with Crippen LogP contribution in [0.5, 0.6) is 0 Å². The minimum atomic E-state index is -0.328. The van der Waals surface area contributed by atoms with E-state index in [0.29, 0.717) is 17.5 Å². The van der Waals surface area contributed by atoms with Gasteiger partial charge < -0.3 is 4.74 Å². The van der Waals surface area contributed by atoms with Gasteiger partial charge in [-0.3, -0.25) is 0 Å². The molecule has 20 heavy (non-hydrogen) atoms. The van der Waals surface area contributed by atoms with Crippen molar-refractivity contribution in [3.05, 3.63) is 40.0 Å². The molecule has 0 N–H and O–H groups in total. The van der Waals surface area contributed by atoms with Crippen LogP contribution in [0.15, 0.2) is 39.4 Å². The molecule has 3 rings (SSSR count). The Morgan fingerprint density at radius 2 is 2.05 bits per heavy atom. The number of nitrogens with zero attached hydrogens (tertiary/aromatic N) is 1. The van der Waals surface area contributed by atoms with Gasteiger partial charge in [0.1, 0.15) is 0 Å². The molecule has 1 aliphatic heterocycles. The van der Waals surface area contributed by atoms with Crippen LogP contribution >= 0.6 is 15.9 Å². The normalized spacial score (nSPS) is 21.9. The lowest BCUT2D eigenvalue weighted by Gasteiger charge is -2.19. The molecule has 3 nitrogen and oxygen atoms in total. The molecule has 1 aromatic rings. The maximum atomic E-state index is 11.9.